The lowest BCUT2D eigenvalue weighted by Gasteiger charge is -2.27. The van der Waals surface area contributed by atoms with E-state index in [1.807, 2.05) is 42.5 Å². The zero-order chi connectivity index (χ0) is 23.1. The Morgan fingerprint density at radius 2 is 1.79 bits per heavy atom. The molecule has 5 rings (SSSR count). The molecular weight excluding hydrogens is 551 g/mol. The molecule has 0 radical (unpaired) electrons. The first-order chi connectivity index (χ1) is 16.0. The van der Waals surface area contributed by atoms with E-state index in [4.69, 9.17) is 26.5 Å². The first-order valence-electron chi connectivity index (χ1n) is 9.93. The molecule has 0 amide bonds. The van der Waals surface area contributed by atoms with E-state index in [2.05, 4.69) is 16.7 Å². The van der Waals surface area contributed by atoms with E-state index in [1.165, 1.54) is 0 Å². The fraction of sp³-hybridized carbons (Fsp3) is 0.0385. The average molecular weight is 567 g/mol. The highest BCUT2D eigenvalue weighted by molar-refractivity contribution is 14.2. The van der Waals surface area contributed by atoms with Crippen LogP contribution in [0.15, 0.2) is 87.4 Å². The SMILES string of the molecule is C=Ic1cc(-c2ccc(Cl)cc2)ccc1C1C(C#N)=C(N)Oc2c1c(=O)oc1ccccc21. The summed E-state index contributed by atoms with van der Waals surface area (Å²) in [7, 11) is 0. The number of nitrogens with zero attached hydrogens (tertiary/aromatic N) is 1. The predicted octanol–water partition coefficient (Wildman–Crippen LogP) is 5.90. The Bertz CT molecular complexity index is 1570. The van der Waals surface area contributed by atoms with Crippen molar-refractivity contribution >= 4 is 47.8 Å². The van der Waals surface area contributed by atoms with Crippen LogP contribution < -0.4 is 16.1 Å². The number of ether oxygens (including phenoxy) is 1. The Labute approximate surface area is 204 Å². The van der Waals surface area contributed by atoms with Crippen LogP contribution >= 0.6 is 32.3 Å². The van der Waals surface area contributed by atoms with Crippen molar-refractivity contribution < 1.29 is 9.15 Å². The van der Waals surface area contributed by atoms with Gasteiger partial charge in [0.1, 0.15) is 17.2 Å². The minimum atomic E-state index is -0.699. The van der Waals surface area contributed by atoms with Crippen LogP contribution in [0.4, 0.5) is 0 Å². The largest absolute Gasteiger partial charge is 0.439 e. The Hall–Kier alpha value is -3.41. The van der Waals surface area contributed by atoms with Gasteiger partial charge in [0, 0.05) is 8.59 Å². The summed E-state index contributed by atoms with van der Waals surface area (Å²) in [5.41, 5.74) is 9.31. The number of hydrogen-bond acceptors (Lipinski definition) is 5. The molecule has 4 aromatic rings. The highest BCUT2D eigenvalue weighted by Crippen LogP contribution is 2.45. The van der Waals surface area contributed by atoms with E-state index in [0.29, 0.717) is 21.7 Å². The summed E-state index contributed by atoms with van der Waals surface area (Å²) in [4.78, 5) is 13.1. The minimum absolute atomic E-state index is 0.0132. The maximum atomic E-state index is 13.1. The summed E-state index contributed by atoms with van der Waals surface area (Å²) in [6.07, 6.45) is 0. The van der Waals surface area contributed by atoms with E-state index in [0.717, 1.165) is 20.3 Å². The number of benzene rings is 3. The number of allylic oxidation sites excluding steroid dienone is 1. The molecule has 7 heteroatoms. The van der Waals surface area contributed by atoms with E-state index < -0.39 is 32.3 Å². The van der Waals surface area contributed by atoms with E-state index in [9.17, 15) is 10.1 Å². The van der Waals surface area contributed by atoms with E-state index in [-0.39, 0.29) is 17.0 Å². The lowest BCUT2D eigenvalue weighted by Crippen LogP contribution is -2.26. The van der Waals surface area contributed by atoms with Gasteiger partial charge in [-0.15, -0.1) is 0 Å². The second-order valence-corrected chi connectivity index (χ2v) is 9.79. The number of hydrogen-bond donors (Lipinski definition) is 1. The van der Waals surface area contributed by atoms with Crippen LogP contribution in [0.3, 0.4) is 0 Å². The van der Waals surface area contributed by atoms with Crippen molar-refractivity contribution in [1.29, 1.82) is 5.26 Å². The van der Waals surface area contributed by atoms with Crippen molar-refractivity contribution in [3.63, 3.8) is 0 Å². The monoisotopic (exact) mass is 566 g/mol. The highest BCUT2D eigenvalue weighted by Gasteiger charge is 2.36. The first kappa shape index (κ1) is 21.4. The Kier molecular flexibility index (Phi) is 5.52. The molecule has 0 aliphatic carbocycles. The second-order valence-electron chi connectivity index (χ2n) is 7.43. The zero-order valence-corrected chi connectivity index (χ0v) is 20.1. The summed E-state index contributed by atoms with van der Waals surface area (Å²) in [6, 6.07) is 22.8. The van der Waals surface area contributed by atoms with Gasteiger partial charge in [-0.25, -0.2) is 4.79 Å². The number of nitrogens with two attached hydrogens (primary N) is 1. The fourth-order valence-electron chi connectivity index (χ4n) is 4.08. The molecule has 162 valence electrons. The van der Waals surface area contributed by atoms with Gasteiger partial charge in [0.15, 0.2) is 5.75 Å². The summed E-state index contributed by atoms with van der Waals surface area (Å²) in [6.45, 7) is 0. The average Bonchev–Trinajstić information content (AvgIpc) is 2.83. The van der Waals surface area contributed by atoms with Crippen LogP contribution in [-0.4, -0.2) is 4.51 Å². The highest BCUT2D eigenvalue weighted by atomic mass is 127. The first-order valence-corrected chi connectivity index (χ1v) is 12.9. The molecule has 0 bridgehead atoms. The van der Waals surface area contributed by atoms with Crippen molar-refractivity contribution in [3.8, 4) is 22.9 Å². The van der Waals surface area contributed by atoms with Gasteiger partial charge in [-0.1, -0.05) is 73.2 Å². The van der Waals surface area contributed by atoms with Gasteiger partial charge in [-0.3, -0.25) is 0 Å². The Morgan fingerprint density at radius 3 is 2.52 bits per heavy atom. The second kappa shape index (κ2) is 8.50. The van der Waals surface area contributed by atoms with E-state index in [1.54, 1.807) is 18.2 Å². The maximum absolute atomic E-state index is 13.1. The molecule has 1 aliphatic rings. The number of nitriles is 1. The Balaban J connectivity index is 1.76. The molecule has 1 aliphatic heterocycles. The van der Waals surface area contributed by atoms with Gasteiger partial charge < -0.3 is 14.9 Å². The standard InChI is InChI=1S/C26H16ClIN2O3/c1-28-20-12-15(14-6-9-16(27)10-7-14)8-11-17(20)22-19(13-29)25(30)33-24-18-4-2-3-5-21(18)32-26(31)23(22)24/h2-12,22H,1,30H2. The summed E-state index contributed by atoms with van der Waals surface area (Å²) in [5, 5.41) is 11.2. The minimum Gasteiger partial charge on any atom is -0.439 e. The number of fused-ring (bicyclic) bond motifs is 3. The van der Waals surface area contributed by atoms with Crippen LogP contribution in [0.2, 0.25) is 5.02 Å². The van der Waals surface area contributed by atoms with Crippen LogP contribution in [0, 0.1) is 14.9 Å². The van der Waals surface area contributed by atoms with Gasteiger partial charge in [-0.2, -0.15) is 5.26 Å². The molecule has 0 spiro atoms. The molecule has 3 aromatic carbocycles. The molecule has 0 fully saturated rings. The van der Waals surface area contributed by atoms with Crippen LogP contribution in [0.1, 0.15) is 17.0 Å². The van der Waals surface area contributed by atoms with Crippen LogP contribution in [0.5, 0.6) is 5.75 Å². The predicted molar refractivity (Wildman–Crippen MR) is 139 cm³/mol. The molecule has 1 aromatic heterocycles. The van der Waals surface area contributed by atoms with Gasteiger partial charge in [-0.05, 0) is 47.0 Å². The van der Waals surface area contributed by atoms with E-state index >= 15 is 0 Å². The molecule has 1 unspecified atom stereocenters. The third-order valence-electron chi connectivity index (χ3n) is 5.61. The van der Waals surface area contributed by atoms with Crippen molar-refractivity contribution in [2.75, 3.05) is 0 Å². The number of halogens is 2. The maximum Gasteiger partial charge on any atom is 0.344 e. The molecule has 0 saturated heterocycles. The van der Waals surface area contributed by atoms with Gasteiger partial charge in [0.05, 0.1) is 16.9 Å². The number of para-hydroxylation sites is 1. The molecule has 2 heterocycles. The Morgan fingerprint density at radius 1 is 1.06 bits per heavy atom. The zero-order valence-electron chi connectivity index (χ0n) is 17.1. The lowest BCUT2D eigenvalue weighted by atomic mass is 9.83. The molecule has 0 saturated carbocycles. The summed E-state index contributed by atoms with van der Waals surface area (Å²) >= 11 is 5.38. The topological polar surface area (TPSA) is 89.3 Å². The van der Waals surface area contributed by atoms with Crippen molar-refractivity contribution in [2.45, 2.75) is 5.92 Å². The van der Waals surface area contributed by atoms with Crippen LogP contribution in [-0.2, 0) is 0 Å². The smallest absolute Gasteiger partial charge is 0.344 e. The normalized spacial score (nSPS) is 15.1. The molecular formula is C26H16ClIN2O3. The van der Waals surface area contributed by atoms with Gasteiger partial charge >= 0.3 is 5.63 Å². The van der Waals surface area contributed by atoms with Crippen LogP contribution in [0.25, 0.3) is 22.1 Å². The third kappa shape index (κ3) is 3.63. The summed E-state index contributed by atoms with van der Waals surface area (Å²) < 4.78 is 16.6. The number of rotatable bonds is 3. The quantitative estimate of drug-likeness (QED) is 0.246. The molecule has 5 nitrogen and oxygen atoms in total. The fourth-order valence-corrected chi connectivity index (χ4v) is 5.69. The molecule has 1 atom stereocenters. The summed E-state index contributed by atoms with van der Waals surface area (Å²) in [5.74, 6) is -0.380. The van der Waals surface area contributed by atoms with Gasteiger partial charge in [0.25, 0.3) is 0 Å². The van der Waals surface area contributed by atoms with Crippen molar-refractivity contribution in [1.82, 2.24) is 0 Å². The van der Waals surface area contributed by atoms with Crippen molar-refractivity contribution in [3.05, 3.63) is 108 Å². The molecule has 2 N–H and O–H groups in total. The third-order valence-corrected chi connectivity index (χ3v) is 7.62. The van der Waals surface area contributed by atoms with Crippen molar-refractivity contribution in [2.24, 2.45) is 5.73 Å². The van der Waals surface area contributed by atoms with Gasteiger partial charge in [0.2, 0.25) is 5.88 Å². The lowest BCUT2D eigenvalue weighted by molar-refractivity contribution is 0.388. The molecule has 33 heavy (non-hydrogen) atoms.